The van der Waals surface area contributed by atoms with Crippen LogP contribution in [0.15, 0.2) is 41.2 Å². The fraction of sp³-hybridized carbons (Fsp3) is 0.400. The van der Waals surface area contributed by atoms with Crippen molar-refractivity contribution >= 4 is 22.5 Å². The van der Waals surface area contributed by atoms with Crippen LogP contribution in [-0.4, -0.2) is 67.4 Å². The summed E-state index contributed by atoms with van der Waals surface area (Å²) in [6.45, 7) is 3.73. The van der Waals surface area contributed by atoms with Crippen LogP contribution in [0.1, 0.15) is 11.4 Å². The van der Waals surface area contributed by atoms with Crippen LogP contribution in [0, 0.1) is 0 Å². The van der Waals surface area contributed by atoms with Crippen LogP contribution in [0.3, 0.4) is 0 Å². The van der Waals surface area contributed by atoms with E-state index in [2.05, 4.69) is 4.90 Å². The van der Waals surface area contributed by atoms with Crippen LogP contribution in [0.2, 0.25) is 0 Å². The van der Waals surface area contributed by atoms with Gasteiger partial charge in [-0.1, -0.05) is 18.2 Å². The molecule has 0 aliphatic carbocycles. The zero-order valence-corrected chi connectivity index (χ0v) is 19.5. The lowest BCUT2D eigenvalue weighted by molar-refractivity contribution is -0.119. The molecule has 0 radical (unpaired) electrons. The van der Waals surface area contributed by atoms with E-state index in [1.54, 1.807) is 24.1 Å². The first-order valence-corrected chi connectivity index (χ1v) is 11.4. The van der Waals surface area contributed by atoms with Gasteiger partial charge in [0, 0.05) is 31.4 Å². The standard InChI is InChI=1S/C25H28N4O5/c1-32-21-13-18-19(14-22(21)33-2)26-23(15-27-9-11-34-12-10-27)29(25(18)31)16-24(30)28-8-7-17-5-3-4-6-20(17)28/h3-6,13-14H,7-12,15-16H2,1-2H3. The molecule has 9 heteroatoms. The van der Waals surface area contributed by atoms with Gasteiger partial charge in [-0.15, -0.1) is 0 Å². The van der Waals surface area contributed by atoms with Gasteiger partial charge < -0.3 is 19.1 Å². The third kappa shape index (κ3) is 4.12. The molecular weight excluding hydrogens is 436 g/mol. The van der Waals surface area contributed by atoms with E-state index in [-0.39, 0.29) is 18.0 Å². The van der Waals surface area contributed by atoms with Gasteiger partial charge in [-0.2, -0.15) is 0 Å². The van der Waals surface area contributed by atoms with Crippen molar-refractivity contribution in [1.29, 1.82) is 0 Å². The Morgan fingerprint density at radius 3 is 2.56 bits per heavy atom. The van der Waals surface area contributed by atoms with Gasteiger partial charge in [-0.25, -0.2) is 4.98 Å². The number of fused-ring (bicyclic) bond motifs is 2. The topological polar surface area (TPSA) is 86.1 Å². The predicted octanol–water partition coefficient (Wildman–Crippen LogP) is 1.84. The normalized spacial score (nSPS) is 16.0. The summed E-state index contributed by atoms with van der Waals surface area (Å²) in [5.41, 5.74) is 2.30. The maximum absolute atomic E-state index is 13.7. The van der Waals surface area contributed by atoms with Crippen molar-refractivity contribution in [2.24, 2.45) is 0 Å². The molecule has 1 saturated heterocycles. The molecule has 1 amide bonds. The molecule has 0 atom stereocenters. The van der Waals surface area contributed by atoms with Gasteiger partial charge >= 0.3 is 0 Å². The SMILES string of the molecule is COc1cc2nc(CN3CCOCC3)n(CC(=O)N3CCc4ccccc43)c(=O)c2cc1OC. The number of methoxy groups -OCH3 is 2. The van der Waals surface area contributed by atoms with Crippen molar-refractivity contribution in [3.63, 3.8) is 0 Å². The molecule has 0 N–H and O–H groups in total. The largest absolute Gasteiger partial charge is 0.493 e. The van der Waals surface area contributed by atoms with Gasteiger partial charge in [0.15, 0.2) is 11.5 Å². The summed E-state index contributed by atoms with van der Waals surface area (Å²) in [5, 5.41) is 0.387. The molecule has 2 aromatic carbocycles. The van der Waals surface area contributed by atoms with E-state index >= 15 is 0 Å². The summed E-state index contributed by atoms with van der Waals surface area (Å²) in [7, 11) is 3.07. The first kappa shape index (κ1) is 22.4. The number of anilines is 1. The lowest BCUT2D eigenvalue weighted by atomic mass is 10.2. The van der Waals surface area contributed by atoms with E-state index in [0.29, 0.717) is 54.5 Å². The Bertz CT molecular complexity index is 1280. The number of para-hydroxylation sites is 1. The Hall–Kier alpha value is -3.43. The first-order valence-electron chi connectivity index (χ1n) is 11.4. The van der Waals surface area contributed by atoms with Gasteiger partial charge in [-0.3, -0.25) is 19.1 Å². The molecule has 0 bridgehead atoms. The number of carbonyl (C=O) groups excluding carboxylic acids is 1. The molecule has 178 valence electrons. The lowest BCUT2D eigenvalue weighted by Crippen LogP contribution is -2.40. The minimum Gasteiger partial charge on any atom is -0.493 e. The average molecular weight is 465 g/mol. The van der Waals surface area contributed by atoms with E-state index in [4.69, 9.17) is 19.2 Å². The van der Waals surface area contributed by atoms with Crippen LogP contribution < -0.4 is 19.9 Å². The van der Waals surface area contributed by atoms with E-state index in [0.717, 1.165) is 30.8 Å². The number of hydrogen-bond acceptors (Lipinski definition) is 7. The Balaban J connectivity index is 1.56. The third-order valence-electron chi connectivity index (χ3n) is 6.49. The number of carbonyl (C=O) groups is 1. The minimum atomic E-state index is -0.268. The monoisotopic (exact) mass is 464 g/mol. The van der Waals surface area contributed by atoms with Crippen molar-refractivity contribution in [1.82, 2.24) is 14.5 Å². The summed E-state index contributed by atoms with van der Waals surface area (Å²) in [6.07, 6.45) is 0.810. The van der Waals surface area contributed by atoms with Crippen LogP contribution in [0.5, 0.6) is 11.5 Å². The molecule has 3 heterocycles. The van der Waals surface area contributed by atoms with Gasteiger partial charge in [0.25, 0.3) is 5.56 Å². The molecule has 9 nitrogen and oxygen atoms in total. The van der Waals surface area contributed by atoms with Crippen LogP contribution >= 0.6 is 0 Å². The van der Waals surface area contributed by atoms with E-state index in [9.17, 15) is 9.59 Å². The van der Waals surface area contributed by atoms with Gasteiger partial charge in [0.2, 0.25) is 5.91 Å². The molecule has 0 saturated carbocycles. The Morgan fingerprint density at radius 2 is 1.79 bits per heavy atom. The Kier molecular flexibility index (Phi) is 6.21. The molecule has 1 fully saturated rings. The van der Waals surface area contributed by atoms with Crippen LogP contribution in [-0.2, 0) is 29.0 Å². The van der Waals surface area contributed by atoms with Crippen LogP contribution in [0.25, 0.3) is 10.9 Å². The fourth-order valence-corrected chi connectivity index (χ4v) is 4.66. The zero-order chi connectivity index (χ0) is 23.7. The number of aromatic nitrogens is 2. The third-order valence-corrected chi connectivity index (χ3v) is 6.49. The van der Waals surface area contributed by atoms with Gasteiger partial charge in [0.1, 0.15) is 12.4 Å². The molecule has 3 aromatic rings. The average Bonchev–Trinajstić information content (AvgIpc) is 3.30. The maximum Gasteiger partial charge on any atom is 0.262 e. The summed E-state index contributed by atoms with van der Waals surface area (Å²) >= 11 is 0. The highest BCUT2D eigenvalue weighted by molar-refractivity contribution is 5.95. The summed E-state index contributed by atoms with van der Waals surface area (Å²) in [5.74, 6) is 1.37. The van der Waals surface area contributed by atoms with E-state index < -0.39 is 0 Å². The van der Waals surface area contributed by atoms with E-state index in [1.807, 2.05) is 24.3 Å². The number of nitrogens with zero attached hydrogens (tertiary/aromatic N) is 4. The molecule has 2 aliphatic rings. The predicted molar refractivity (Wildman–Crippen MR) is 128 cm³/mol. The van der Waals surface area contributed by atoms with E-state index in [1.165, 1.54) is 11.7 Å². The molecule has 5 rings (SSSR count). The van der Waals surface area contributed by atoms with Crippen molar-refractivity contribution in [2.45, 2.75) is 19.5 Å². The molecule has 0 unspecified atom stereocenters. The van der Waals surface area contributed by atoms with Crippen LogP contribution in [0.4, 0.5) is 5.69 Å². The number of rotatable bonds is 6. The van der Waals surface area contributed by atoms with Gasteiger partial charge in [-0.05, 0) is 24.1 Å². The molecule has 2 aliphatic heterocycles. The number of ether oxygens (including phenoxy) is 3. The summed E-state index contributed by atoms with van der Waals surface area (Å²) < 4.78 is 17.8. The maximum atomic E-state index is 13.7. The Morgan fingerprint density at radius 1 is 1.06 bits per heavy atom. The molecular formula is C25H28N4O5. The summed E-state index contributed by atoms with van der Waals surface area (Å²) in [4.78, 5) is 35.8. The highest BCUT2D eigenvalue weighted by Gasteiger charge is 2.26. The summed E-state index contributed by atoms with van der Waals surface area (Å²) in [6, 6.07) is 11.2. The van der Waals surface area contributed by atoms with Crippen molar-refractivity contribution in [2.75, 3.05) is 52.0 Å². The van der Waals surface area contributed by atoms with Gasteiger partial charge in [0.05, 0.1) is 44.9 Å². The lowest BCUT2D eigenvalue weighted by Gasteiger charge is -2.27. The smallest absolute Gasteiger partial charge is 0.262 e. The quantitative estimate of drug-likeness (QED) is 0.550. The number of morpholine rings is 1. The fourth-order valence-electron chi connectivity index (χ4n) is 4.66. The molecule has 34 heavy (non-hydrogen) atoms. The highest BCUT2D eigenvalue weighted by Crippen LogP contribution is 2.31. The number of benzene rings is 2. The second-order valence-corrected chi connectivity index (χ2v) is 8.46. The minimum absolute atomic E-state index is 0.0792. The molecule has 1 aromatic heterocycles. The van der Waals surface area contributed by atoms with Crippen molar-refractivity contribution < 1.29 is 19.0 Å². The number of amides is 1. The second-order valence-electron chi connectivity index (χ2n) is 8.46. The zero-order valence-electron chi connectivity index (χ0n) is 19.5. The highest BCUT2D eigenvalue weighted by atomic mass is 16.5. The molecule has 0 spiro atoms. The Labute approximate surface area is 197 Å². The number of hydrogen-bond donors (Lipinski definition) is 0. The second kappa shape index (κ2) is 9.44. The van der Waals surface area contributed by atoms with Crippen molar-refractivity contribution in [3.05, 3.63) is 58.1 Å². The van der Waals surface area contributed by atoms with Crippen molar-refractivity contribution in [3.8, 4) is 11.5 Å². The first-order chi connectivity index (χ1) is 16.6.